The largest absolute Gasteiger partial charge is 0.313 e. The van der Waals surface area contributed by atoms with Gasteiger partial charge in [-0.3, -0.25) is 14.4 Å². The van der Waals surface area contributed by atoms with Crippen molar-refractivity contribution >= 4 is 17.3 Å². The number of piperidine rings is 1. The van der Waals surface area contributed by atoms with Gasteiger partial charge in [-0.05, 0) is 36.4 Å². The van der Waals surface area contributed by atoms with Gasteiger partial charge >= 0.3 is 0 Å². The van der Waals surface area contributed by atoms with Crippen LogP contribution >= 0.6 is 0 Å². The minimum atomic E-state index is -0.793. The number of hydrogen-bond acceptors (Lipinski definition) is 4. The van der Waals surface area contributed by atoms with Gasteiger partial charge in [0.2, 0.25) is 11.6 Å². The van der Waals surface area contributed by atoms with Crippen LogP contribution in [0, 0.1) is 5.92 Å². The second-order valence-corrected chi connectivity index (χ2v) is 6.04. The van der Waals surface area contributed by atoms with E-state index in [2.05, 4.69) is 5.32 Å². The van der Waals surface area contributed by atoms with Gasteiger partial charge in [0.15, 0.2) is 0 Å². The van der Waals surface area contributed by atoms with Crippen LogP contribution in [0.1, 0.15) is 24.0 Å². The summed E-state index contributed by atoms with van der Waals surface area (Å²) in [4.78, 5) is 36.4. The Morgan fingerprint density at radius 2 is 1.90 bits per heavy atom. The minimum absolute atomic E-state index is 0.0659. The third kappa shape index (κ3) is 1.27. The molecule has 3 aliphatic rings. The summed E-state index contributed by atoms with van der Waals surface area (Å²) in [5, 5.41) is 3.43. The second kappa shape index (κ2) is 3.85. The summed E-state index contributed by atoms with van der Waals surface area (Å²) >= 11 is 0. The van der Waals surface area contributed by atoms with Crippen molar-refractivity contribution in [1.82, 2.24) is 5.32 Å². The summed E-state index contributed by atoms with van der Waals surface area (Å²) < 4.78 is 0. The molecule has 1 saturated heterocycles. The van der Waals surface area contributed by atoms with Crippen molar-refractivity contribution in [2.45, 2.75) is 30.7 Å². The zero-order valence-corrected chi connectivity index (χ0v) is 11.0. The van der Waals surface area contributed by atoms with Crippen LogP contribution in [0.3, 0.4) is 0 Å². The summed E-state index contributed by atoms with van der Waals surface area (Å²) in [6.45, 7) is 0.725. The Bertz CT molecular complexity index is 651. The van der Waals surface area contributed by atoms with Crippen LogP contribution in [-0.4, -0.2) is 29.9 Å². The first kappa shape index (κ1) is 12.0. The molecule has 1 N–H and O–H groups in total. The van der Waals surface area contributed by atoms with Gasteiger partial charge in [0, 0.05) is 12.5 Å². The Morgan fingerprint density at radius 3 is 2.75 bits per heavy atom. The Hall–Kier alpha value is -1.81. The molecule has 0 amide bonds. The second-order valence-electron chi connectivity index (χ2n) is 6.04. The summed E-state index contributed by atoms with van der Waals surface area (Å²) in [6.07, 6.45) is 1.65. The standard InChI is InChI=1S/C16H15NO3/c18-13-8-11-12-7-9-3-1-2-4-10(9)16(11,5-6-17-12)15(20)14(13)19/h1-4,11-12,17H,5-8H2/t11-,12+,16+/m0/s1. The lowest BCUT2D eigenvalue weighted by atomic mass is 9.52. The fourth-order valence-electron chi connectivity index (χ4n) is 4.39. The van der Waals surface area contributed by atoms with Gasteiger partial charge in [0.1, 0.15) is 0 Å². The average molecular weight is 269 g/mol. The van der Waals surface area contributed by atoms with Crippen molar-refractivity contribution < 1.29 is 14.4 Å². The highest BCUT2D eigenvalue weighted by Gasteiger charge is 2.60. The van der Waals surface area contributed by atoms with Crippen LogP contribution in [0.2, 0.25) is 0 Å². The molecule has 4 nitrogen and oxygen atoms in total. The van der Waals surface area contributed by atoms with Gasteiger partial charge in [0.05, 0.1) is 5.41 Å². The van der Waals surface area contributed by atoms with Crippen molar-refractivity contribution in [3.63, 3.8) is 0 Å². The maximum Gasteiger partial charge on any atom is 0.265 e. The number of nitrogens with one attached hydrogen (secondary N) is 1. The molecule has 1 aromatic rings. The number of rotatable bonds is 0. The van der Waals surface area contributed by atoms with E-state index in [0.717, 1.165) is 24.1 Å². The number of carbonyl (C=O) groups excluding carboxylic acids is 3. The zero-order chi connectivity index (χ0) is 13.9. The molecule has 4 heteroatoms. The third-order valence-electron chi connectivity index (χ3n) is 5.25. The molecule has 2 fully saturated rings. The smallest absolute Gasteiger partial charge is 0.265 e. The number of benzene rings is 1. The number of hydrogen-bond donors (Lipinski definition) is 1. The Labute approximate surface area is 116 Å². The van der Waals surface area contributed by atoms with Crippen LogP contribution in [0.5, 0.6) is 0 Å². The predicted octanol–water partition coefficient (Wildman–Crippen LogP) is 0.570. The third-order valence-corrected chi connectivity index (χ3v) is 5.25. The maximum atomic E-state index is 12.7. The van der Waals surface area contributed by atoms with Gasteiger partial charge < -0.3 is 5.32 Å². The van der Waals surface area contributed by atoms with Crippen molar-refractivity contribution in [2.24, 2.45) is 5.92 Å². The lowest BCUT2D eigenvalue weighted by molar-refractivity contribution is -0.153. The molecule has 0 spiro atoms. The molecule has 0 radical (unpaired) electrons. The van der Waals surface area contributed by atoms with E-state index < -0.39 is 22.8 Å². The quantitative estimate of drug-likeness (QED) is 0.699. The number of ketones is 3. The monoisotopic (exact) mass is 269 g/mol. The predicted molar refractivity (Wildman–Crippen MR) is 71.4 cm³/mol. The van der Waals surface area contributed by atoms with Crippen LogP contribution in [0.25, 0.3) is 0 Å². The van der Waals surface area contributed by atoms with Crippen LogP contribution < -0.4 is 5.32 Å². The van der Waals surface area contributed by atoms with Crippen molar-refractivity contribution in [3.8, 4) is 0 Å². The molecule has 20 heavy (non-hydrogen) atoms. The summed E-state index contributed by atoms with van der Waals surface area (Å²) in [5.74, 6) is -1.84. The Morgan fingerprint density at radius 1 is 1.10 bits per heavy atom. The molecule has 1 heterocycles. The molecule has 0 aromatic heterocycles. The fourth-order valence-corrected chi connectivity index (χ4v) is 4.39. The molecule has 1 aromatic carbocycles. The van der Waals surface area contributed by atoms with E-state index in [1.165, 1.54) is 0 Å². The van der Waals surface area contributed by atoms with E-state index in [1.54, 1.807) is 0 Å². The molecular formula is C16H15NO3. The van der Waals surface area contributed by atoms with E-state index in [0.29, 0.717) is 6.42 Å². The Kier molecular flexibility index (Phi) is 2.31. The van der Waals surface area contributed by atoms with Crippen molar-refractivity contribution in [2.75, 3.05) is 6.54 Å². The van der Waals surface area contributed by atoms with Gasteiger partial charge in [0.25, 0.3) is 5.78 Å². The highest BCUT2D eigenvalue weighted by atomic mass is 16.2. The lowest BCUT2D eigenvalue weighted by Crippen LogP contribution is -2.66. The Balaban J connectivity index is 1.99. The van der Waals surface area contributed by atoms with Crippen LogP contribution in [-0.2, 0) is 26.2 Å². The van der Waals surface area contributed by atoms with Crippen molar-refractivity contribution in [1.29, 1.82) is 0 Å². The molecule has 4 rings (SSSR count). The molecule has 3 atom stereocenters. The molecule has 1 aliphatic heterocycles. The normalized spacial score (nSPS) is 35.5. The highest BCUT2D eigenvalue weighted by Crippen LogP contribution is 2.50. The number of fused-ring (bicyclic) bond motifs is 1. The van der Waals surface area contributed by atoms with E-state index in [9.17, 15) is 14.4 Å². The fraction of sp³-hybridized carbons (Fsp3) is 0.438. The van der Waals surface area contributed by atoms with Crippen LogP contribution in [0.15, 0.2) is 24.3 Å². The first-order valence-electron chi connectivity index (χ1n) is 7.08. The highest BCUT2D eigenvalue weighted by molar-refractivity contribution is 6.66. The summed E-state index contributed by atoms with van der Waals surface area (Å²) in [7, 11) is 0. The number of carbonyl (C=O) groups is 3. The summed E-state index contributed by atoms with van der Waals surface area (Å²) in [6, 6.07) is 8.00. The summed E-state index contributed by atoms with van der Waals surface area (Å²) in [5.41, 5.74) is 1.36. The van der Waals surface area contributed by atoms with E-state index in [-0.39, 0.29) is 18.4 Å². The zero-order valence-electron chi connectivity index (χ0n) is 11.0. The lowest BCUT2D eigenvalue weighted by Gasteiger charge is -2.53. The van der Waals surface area contributed by atoms with E-state index >= 15 is 0 Å². The van der Waals surface area contributed by atoms with Gasteiger partial charge in [-0.15, -0.1) is 0 Å². The minimum Gasteiger partial charge on any atom is -0.313 e. The van der Waals surface area contributed by atoms with E-state index in [4.69, 9.17) is 0 Å². The van der Waals surface area contributed by atoms with Crippen LogP contribution in [0.4, 0.5) is 0 Å². The first-order valence-corrected chi connectivity index (χ1v) is 7.08. The van der Waals surface area contributed by atoms with Crippen molar-refractivity contribution in [3.05, 3.63) is 35.4 Å². The average Bonchev–Trinajstić information content (AvgIpc) is 2.45. The topological polar surface area (TPSA) is 63.2 Å². The van der Waals surface area contributed by atoms with Gasteiger partial charge in [-0.2, -0.15) is 0 Å². The maximum absolute atomic E-state index is 12.7. The first-order chi connectivity index (χ1) is 9.64. The molecule has 2 bridgehead atoms. The molecule has 102 valence electrons. The molecule has 1 saturated carbocycles. The molecule has 0 unspecified atom stereocenters. The van der Waals surface area contributed by atoms with E-state index in [1.807, 2.05) is 24.3 Å². The molecule has 2 aliphatic carbocycles. The van der Waals surface area contributed by atoms with Gasteiger partial charge in [-0.1, -0.05) is 24.3 Å². The SMILES string of the molecule is O=C1C[C@H]2[C@H]3Cc4ccccc4[C@@]2(CCN3)C(=O)C1=O. The number of Topliss-reactive ketones (excluding diaryl/α,β-unsaturated/α-hetero) is 3. The molecular weight excluding hydrogens is 254 g/mol. The van der Waals surface area contributed by atoms with Gasteiger partial charge in [-0.25, -0.2) is 0 Å².